The van der Waals surface area contributed by atoms with Crippen molar-refractivity contribution in [3.8, 4) is 0 Å². The van der Waals surface area contributed by atoms with Crippen molar-refractivity contribution in [3.05, 3.63) is 107 Å². The molecule has 1 fully saturated rings. The van der Waals surface area contributed by atoms with Crippen molar-refractivity contribution in [3.63, 3.8) is 0 Å². The SMILES string of the molecule is CC1(c2cccc(F)c2)NC(Cc2ccc(F)cc2)(OC(=O)C(F)(F)F)NC1c1cccc(F)c1. The first-order valence-corrected chi connectivity index (χ1v) is 10.5. The minimum atomic E-state index is -5.31. The van der Waals surface area contributed by atoms with E-state index < -0.39 is 47.0 Å². The van der Waals surface area contributed by atoms with E-state index in [2.05, 4.69) is 10.6 Å². The van der Waals surface area contributed by atoms with E-state index in [-0.39, 0.29) is 6.42 Å². The lowest BCUT2D eigenvalue weighted by Gasteiger charge is -2.34. The summed E-state index contributed by atoms with van der Waals surface area (Å²) in [7, 11) is 0. The Balaban J connectivity index is 1.85. The van der Waals surface area contributed by atoms with Crippen LogP contribution in [0, 0.1) is 17.5 Å². The predicted octanol–water partition coefficient (Wildman–Crippen LogP) is 5.26. The lowest BCUT2D eigenvalue weighted by Crippen LogP contribution is -2.58. The summed E-state index contributed by atoms with van der Waals surface area (Å²) in [6.45, 7) is 1.57. The summed E-state index contributed by atoms with van der Waals surface area (Å²) in [5.74, 6) is -6.41. The molecule has 0 spiro atoms. The number of rotatable bonds is 5. The molecule has 1 saturated heterocycles. The molecule has 4 rings (SSSR count). The monoisotopic (exact) mass is 494 g/mol. The van der Waals surface area contributed by atoms with Crippen LogP contribution in [0.5, 0.6) is 0 Å². The molecule has 35 heavy (non-hydrogen) atoms. The molecule has 1 aliphatic rings. The van der Waals surface area contributed by atoms with Gasteiger partial charge in [0.05, 0.1) is 11.6 Å². The Morgan fingerprint density at radius 1 is 0.914 bits per heavy atom. The van der Waals surface area contributed by atoms with Gasteiger partial charge in [0.25, 0.3) is 0 Å². The third-order valence-electron chi connectivity index (χ3n) is 5.89. The van der Waals surface area contributed by atoms with Crippen LogP contribution in [0.15, 0.2) is 72.8 Å². The van der Waals surface area contributed by atoms with Crippen molar-refractivity contribution < 1.29 is 35.9 Å². The molecule has 1 aliphatic heterocycles. The molecule has 0 bridgehead atoms. The smallest absolute Gasteiger partial charge is 0.423 e. The molecule has 4 nitrogen and oxygen atoms in total. The van der Waals surface area contributed by atoms with Gasteiger partial charge in [-0.1, -0.05) is 36.4 Å². The first kappa shape index (κ1) is 24.7. The van der Waals surface area contributed by atoms with Gasteiger partial charge in [-0.25, -0.2) is 18.0 Å². The first-order chi connectivity index (χ1) is 16.4. The highest BCUT2D eigenvalue weighted by Gasteiger charge is 2.57. The van der Waals surface area contributed by atoms with E-state index in [4.69, 9.17) is 4.74 Å². The van der Waals surface area contributed by atoms with Crippen molar-refractivity contribution in [1.82, 2.24) is 10.6 Å². The Morgan fingerprint density at radius 2 is 1.54 bits per heavy atom. The lowest BCUT2D eigenvalue weighted by atomic mass is 9.82. The second kappa shape index (κ2) is 9.01. The largest absolute Gasteiger partial charge is 0.491 e. The molecule has 0 amide bonds. The van der Waals surface area contributed by atoms with Gasteiger partial charge in [-0.15, -0.1) is 0 Å². The van der Waals surface area contributed by atoms with Gasteiger partial charge < -0.3 is 4.74 Å². The van der Waals surface area contributed by atoms with E-state index >= 15 is 0 Å². The molecule has 3 atom stereocenters. The molecule has 1 heterocycles. The fraction of sp³-hybridized carbons (Fsp3) is 0.240. The molecule has 2 N–H and O–H groups in total. The first-order valence-electron chi connectivity index (χ1n) is 10.5. The summed E-state index contributed by atoms with van der Waals surface area (Å²) >= 11 is 0. The number of ether oxygens (including phenoxy) is 1. The van der Waals surface area contributed by atoms with E-state index in [1.54, 1.807) is 19.1 Å². The quantitative estimate of drug-likeness (QED) is 0.376. The molecular formula is C25H20F6N2O2. The molecular weight excluding hydrogens is 474 g/mol. The lowest BCUT2D eigenvalue weighted by molar-refractivity contribution is -0.219. The molecule has 184 valence electrons. The van der Waals surface area contributed by atoms with E-state index in [1.807, 2.05) is 0 Å². The fourth-order valence-corrected chi connectivity index (χ4v) is 4.35. The van der Waals surface area contributed by atoms with Crippen LogP contribution in [0.1, 0.15) is 29.7 Å². The van der Waals surface area contributed by atoms with Gasteiger partial charge >= 0.3 is 12.1 Å². The Labute approximate surface area is 196 Å². The summed E-state index contributed by atoms with van der Waals surface area (Å²) in [4.78, 5) is 12.0. The maximum absolute atomic E-state index is 14.2. The van der Waals surface area contributed by atoms with Crippen molar-refractivity contribution in [1.29, 1.82) is 0 Å². The van der Waals surface area contributed by atoms with Crippen molar-refractivity contribution in [2.24, 2.45) is 0 Å². The predicted molar refractivity (Wildman–Crippen MR) is 114 cm³/mol. The highest BCUT2D eigenvalue weighted by atomic mass is 19.4. The zero-order valence-corrected chi connectivity index (χ0v) is 18.3. The number of alkyl halides is 3. The van der Waals surface area contributed by atoms with Crippen LogP contribution in [0.25, 0.3) is 0 Å². The van der Waals surface area contributed by atoms with Gasteiger partial charge in [-0.3, -0.25) is 10.6 Å². The zero-order chi connectivity index (χ0) is 25.4. The standard InChI is InChI=1S/C25H20F6N2O2/c1-23(17-5-3-7-20(28)13-17)21(16-4-2-6-19(27)12-16)32-24(33-23,35-22(34)25(29,30)31)14-15-8-10-18(26)11-9-15/h2-13,21,32-33H,14H2,1H3. The molecule has 0 radical (unpaired) electrons. The van der Waals surface area contributed by atoms with Crippen molar-refractivity contribution in [2.45, 2.75) is 37.0 Å². The van der Waals surface area contributed by atoms with Gasteiger partial charge in [0.2, 0.25) is 5.85 Å². The minimum Gasteiger partial charge on any atom is -0.423 e. The number of benzene rings is 3. The number of halogens is 6. The van der Waals surface area contributed by atoms with Crippen molar-refractivity contribution >= 4 is 5.97 Å². The number of hydrogen-bond acceptors (Lipinski definition) is 4. The summed E-state index contributed by atoms with van der Waals surface area (Å²) in [6.07, 6.45) is -5.67. The topological polar surface area (TPSA) is 50.4 Å². The second-order valence-corrected chi connectivity index (χ2v) is 8.49. The molecule has 3 unspecified atom stereocenters. The number of nitrogens with one attached hydrogen (secondary N) is 2. The van der Waals surface area contributed by atoms with Crippen LogP contribution < -0.4 is 10.6 Å². The highest BCUT2D eigenvalue weighted by Crippen LogP contribution is 2.44. The molecule has 10 heteroatoms. The number of carbonyl (C=O) groups is 1. The van der Waals surface area contributed by atoms with Crippen LogP contribution in [0.4, 0.5) is 26.3 Å². The molecule has 0 saturated carbocycles. The molecule has 3 aromatic carbocycles. The van der Waals surface area contributed by atoms with E-state index in [9.17, 15) is 31.1 Å². The molecule has 3 aromatic rings. The molecule has 0 aliphatic carbocycles. The minimum absolute atomic E-state index is 0.309. The Hall–Kier alpha value is -3.37. The van der Waals surface area contributed by atoms with Crippen LogP contribution in [-0.2, 0) is 21.5 Å². The number of hydrogen-bond donors (Lipinski definition) is 2. The van der Waals surface area contributed by atoms with Gasteiger partial charge in [0.1, 0.15) is 17.5 Å². The van der Waals surface area contributed by atoms with E-state index in [1.165, 1.54) is 48.5 Å². The third kappa shape index (κ3) is 5.18. The summed E-state index contributed by atoms with van der Waals surface area (Å²) in [6, 6.07) is 14.6. The highest BCUT2D eigenvalue weighted by molar-refractivity contribution is 5.76. The fourth-order valence-electron chi connectivity index (χ4n) is 4.35. The third-order valence-corrected chi connectivity index (χ3v) is 5.89. The van der Waals surface area contributed by atoms with Crippen LogP contribution in [0.3, 0.4) is 0 Å². The van der Waals surface area contributed by atoms with Gasteiger partial charge in [-0.05, 0) is 60.0 Å². The van der Waals surface area contributed by atoms with Gasteiger partial charge in [0.15, 0.2) is 0 Å². The molecule has 0 aromatic heterocycles. The number of carbonyl (C=O) groups excluding carboxylic acids is 1. The number of esters is 1. The zero-order valence-electron chi connectivity index (χ0n) is 18.3. The Kier molecular flexibility index (Phi) is 6.37. The summed E-state index contributed by atoms with van der Waals surface area (Å²) in [5, 5.41) is 5.81. The van der Waals surface area contributed by atoms with Crippen molar-refractivity contribution in [2.75, 3.05) is 0 Å². The van der Waals surface area contributed by atoms with Gasteiger partial charge in [0, 0.05) is 6.42 Å². The van der Waals surface area contributed by atoms with E-state index in [0.717, 1.165) is 12.1 Å². The summed E-state index contributed by atoms with van der Waals surface area (Å²) < 4.78 is 86.3. The Morgan fingerprint density at radius 3 is 2.14 bits per heavy atom. The van der Waals surface area contributed by atoms with E-state index in [0.29, 0.717) is 16.7 Å². The van der Waals surface area contributed by atoms with Crippen LogP contribution in [0.2, 0.25) is 0 Å². The normalized spacial score (nSPS) is 24.4. The van der Waals surface area contributed by atoms with Crippen LogP contribution in [-0.4, -0.2) is 18.0 Å². The average molecular weight is 494 g/mol. The Bertz CT molecular complexity index is 1230. The average Bonchev–Trinajstić information content (AvgIpc) is 3.08. The summed E-state index contributed by atoms with van der Waals surface area (Å²) in [5.41, 5.74) is -0.415. The van der Waals surface area contributed by atoms with Crippen LogP contribution >= 0.6 is 0 Å². The second-order valence-electron chi connectivity index (χ2n) is 8.49. The van der Waals surface area contributed by atoms with Gasteiger partial charge in [-0.2, -0.15) is 13.2 Å². The maximum atomic E-state index is 14.2. The maximum Gasteiger partial charge on any atom is 0.491 e.